The van der Waals surface area contributed by atoms with Gasteiger partial charge in [0.2, 0.25) is 5.91 Å². The molecule has 0 spiro atoms. The number of amides is 1. The van der Waals surface area contributed by atoms with Gasteiger partial charge in [-0.2, -0.15) is 0 Å². The molecule has 0 aromatic carbocycles. The fourth-order valence-electron chi connectivity index (χ4n) is 2.25. The largest absolute Gasteiger partial charge is 0.479 e. The summed E-state index contributed by atoms with van der Waals surface area (Å²) in [4.78, 5) is 23.3. The molecule has 2 fully saturated rings. The van der Waals surface area contributed by atoms with Gasteiger partial charge in [-0.15, -0.1) is 0 Å². The van der Waals surface area contributed by atoms with Gasteiger partial charge in [-0.3, -0.25) is 4.79 Å². The Labute approximate surface area is 74.3 Å². The van der Waals surface area contributed by atoms with E-state index in [0.717, 1.165) is 0 Å². The molecule has 72 valence electrons. The molecule has 13 heavy (non-hydrogen) atoms. The number of carboxylic acid groups (broad SMARTS) is 1. The van der Waals surface area contributed by atoms with Gasteiger partial charge in [0.15, 0.2) is 0 Å². The van der Waals surface area contributed by atoms with E-state index in [-0.39, 0.29) is 31.7 Å². The van der Waals surface area contributed by atoms with Gasteiger partial charge in [0.05, 0.1) is 6.54 Å². The Hall–Kier alpha value is -1.13. The van der Waals surface area contributed by atoms with Gasteiger partial charge in [-0.1, -0.05) is 0 Å². The maximum absolute atomic E-state index is 13.0. The lowest BCUT2D eigenvalue weighted by atomic mass is 9.94. The molecular formula is C8H10FNO3. The zero-order chi connectivity index (χ0) is 9.64. The smallest absolute Gasteiger partial charge is 0.329 e. The van der Waals surface area contributed by atoms with Crippen molar-refractivity contribution in [2.24, 2.45) is 0 Å². The summed E-state index contributed by atoms with van der Waals surface area (Å²) in [6.45, 7) is -0.0505. The number of aliphatic carboxylic acids is 1. The highest BCUT2D eigenvalue weighted by Gasteiger charge is 2.57. The van der Waals surface area contributed by atoms with E-state index >= 15 is 0 Å². The first-order valence-electron chi connectivity index (χ1n) is 4.24. The molecular weight excluding hydrogens is 177 g/mol. The second-order valence-electron chi connectivity index (χ2n) is 3.64. The van der Waals surface area contributed by atoms with Crippen LogP contribution in [0.25, 0.3) is 0 Å². The SMILES string of the molecule is O=C1CC[C@@]2(C(=O)O)CC(F)CN12. The van der Waals surface area contributed by atoms with E-state index in [1.807, 2.05) is 0 Å². The molecule has 1 unspecified atom stereocenters. The molecule has 1 N–H and O–H groups in total. The van der Waals surface area contributed by atoms with E-state index in [4.69, 9.17) is 5.11 Å². The van der Waals surface area contributed by atoms with Crippen LogP contribution in [0.1, 0.15) is 19.3 Å². The number of carbonyl (C=O) groups is 2. The second kappa shape index (κ2) is 2.43. The number of fused-ring (bicyclic) bond motifs is 1. The average molecular weight is 187 g/mol. The highest BCUT2D eigenvalue weighted by atomic mass is 19.1. The highest BCUT2D eigenvalue weighted by Crippen LogP contribution is 2.40. The van der Waals surface area contributed by atoms with Crippen LogP contribution < -0.4 is 0 Å². The average Bonchev–Trinajstić information content (AvgIpc) is 2.51. The Kier molecular flexibility index (Phi) is 1.58. The van der Waals surface area contributed by atoms with Crippen molar-refractivity contribution >= 4 is 11.9 Å². The first-order valence-corrected chi connectivity index (χ1v) is 4.24. The fraction of sp³-hybridized carbons (Fsp3) is 0.750. The first kappa shape index (κ1) is 8.47. The maximum Gasteiger partial charge on any atom is 0.329 e. The number of nitrogens with zero attached hydrogens (tertiary/aromatic N) is 1. The maximum atomic E-state index is 13.0. The molecule has 0 saturated carbocycles. The van der Waals surface area contributed by atoms with E-state index in [2.05, 4.69) is 0 Å². The molecule has 5 heteroatoms. The normalized spacial score (nSPS) is 38.1. The van der Waals surface area contributed by atoms with Crippen molar-refractivity contribution in [3.05, 3.63) is 0 Å². The molecule has 4 nitrogen and oxygen atoms in total. The molecule has 2 aliphatic heterocycles. The summed E-state index contributed by atoms with van der Waals surface area (Å²) >= 11 is 0. The van der Waals surface area contributed by atoms with Crippen LogP contribution in [-0.4, -0.2) is 40.1 Å². The van der Waals surface area contributed by atoms with Crippen molar-refractivity contribution in [1.82, 2.24) is 4.90 Å². The number of alkyl halides is 1. The van der Waals surface area contributed by atoms with Gasteiger partial charge >= 0.3 is 5.97 Å². The fourth-order valence-corrected chi connectivity index (χ4v) is 2.25. The number of rotatable bonds is 1. The second-order valence-corrected chi connectivity index (χ2v) is 3.64. The summed E-state index contributed by atoms with van der Waals surface area (Å²) in [5, 5.41) is 8.95. The third kappa shape index (κ3) is 0.959. The first-order chi connectivity index (χ1) is 6.06. The Morgan fingerprint density at radius 1 is 1.69 bits per heavy atom. The van der Waals surface area contributed by atoms with Crippen molar-refractivity contribution in [1.29, 1.82) is 0 Å². The lowest BCUT2D eigenvalue weighted by molar-refractivity contribution is -0.151. The van der Waals surface area contributed by atoms with Gasteiger partial charge in [-0.25, -0.2) is 9.18 Å². The molecule has 0 aromatic heterocycles. The van der Waals surface area contributed by atoms with Crippen LogP contribution in [0.15, 0.2) is 0 Å². The van der Waals surface area contributed by atoms with E-state index < -0.39 is 17.7 Å². The molecule has 0 bridgehead atoms. The van der Waals surface area contributed by atoms with Crippen LogP contribution in [-0.2, 0) is 9.59 Å². The number of carbonyl (C=O) groups excluding carboxylic acids is 1. The van der Waals surface area contributed by atoms with Crippen molar-refractivity contribution in [2.45, 2.75) is 31.0 Å². The molecule has 2 rings (SSSR count). The molecule has 0 radical (unpaired) electrons. The molecule has 2 saturated heterocycles. The predicted octanol–water partition coefficient (Wildman–Crippen LogP) is 0.174. The van der Waals surface area contributed by atoms with Crippen molar-refractivity contribution < 1.29 is 19.1 Å². The van der Waals surface area contributed by atoms with Crippen molar-refractivity contribution in [3.63, 3.8) is 0 Å². The monoisotopic (exact) mass is 187 g/mol. The Bertz CT molecular complexity index is 281. The van der Waals surface area contributed by atoms with Gasteiger partial charge in [0.1, 0.15) is 11.7 Å². The third-order valence-electron chi connectivity index (χ3n) is 2.91. The Balaban J connectivity index is 2.35. The summed E-state index contributed by atoms with van der Waals surface area (Å²) in [5.74, 6) is -1.30. The van der Waals surface area contributed by atoms with Gasteiger partial charge in [-0.05, 0) is 6.42 Å². The van der Waals surface area contributed by atoms with Gasteiger partial charge in [0.25, 0.3) is 0 Å². The van der Waals surface area contributed by atoms with Crippen LogP contribution in [0, 0.1) is 0 Å². The zero-order valence-corrected chi connectivity index (χ0v) is 6.99. The number of hydrogen-bond donors (Lipinski definition) is 1. The minimum Gasteiger partial charge on any atom is -0.479 e. The van der Waals surface area contributed by atoms with Crippen LogP contribution in [0.3, 0.4) is 0 Å². The third-order valence-corrected chi connectivity index (χ3v) is 2.91. The van der Waals surface area contributed by atoms with Crippen LogP contribution in [0.2, 0.25) is 0 Å². The molecule has 2 aliphatic rings. The molecule has 1 amide bonds. The molecule has 0 aromatic rings. The molecule has 0 aliphatic carbocycles. The quantitative estimate of drug-likeness (QED) is 0.636. The van der Waals surface area contributed by atoms with E-state index in [1.54, 1.807) is 0 Å². The van der Waals surface area contributed by atoms with Gasteiger partial charge in [0, 0.05) is 12.8 Å². The summed E-state index contributed by atoms with van der Waals surface area (Å²) in [6.07, 6.45) is -0.741. The zero-order valence-electron chi connectivity index (χ0n) is 6.99. The summed E-state index contributed by atoms with van der Waals surface area (Å²) in [7, 11) is 0. The summed E-state index contributed by atoms with van der Waals surface area (Å²) in [6, 6.07) is 0. The van der Waals surface area contributed by atoms with E-state index in [1.165, 1.54) is 4.90 Å². The van der Waals surface area contributed by atoms with E-state index in [0.29, 0.717) is 0 Å². The molecule has 2 atom stereocenters. The Morgan fingerprint density at radius 3 is 2.92 bits per heavy atom. The lowest BCUT2D eigenvalue weighted by Crippen LogP contribution is -2.47. The van der Waals surface area contributed by atoms with Crippen LogP contribution in [0.5, 0.6) is 0 Å². The lowest BCUT2D eigenvalue weighted by Gasteiger charge is -2.26. The van der Waals surface area contributed by atoms with Crippen LogP contribution in [0.4, 0.5) is 4.39 Å². The topological polar surface area (TPSA) is 57.6 Å². The number of carboxylic acids is 1. The van der Waals surface area contributed by atoms with Crippen molar-refractivity contribution in [2.75, 3.05) is 6.54 Å². The van der Waals surface area contributed by atoms with Crippen molar-refractivity contribution in [3.8, 4) is 0 Å². The predicted molar refractivity (Wildman–Crippen MR) is 40.8 cm³/mol. The minimum atomic E-state index is -1.23. The number of halogens is 1. The molecule has 2 heterocycles. The van der Waals surface area contributed by atoms with E-state index in [9.17, 15) is 14.0 Å². The Morgan fingerprint density at radius 2 is 2.38 bits per heavy atom. The minimum absolute atomic E-state index is 0.0475. The number of hydrogen-bond acceptors (Lipinski definition) is 2. The highest BCUT2D eigenvalue weighted by molar-refractivity contribution is 5.91. The summed E-state index contributed by atoms with van der Waals surface area (Å²) < 4.78 is 13.0. The summed E-state index contributed by atoms with van der Waals surface area (Å²) in [5.41, 5.74) is -1.23. The van der Waals surface area contributed by atoms with Crippen LogP contribution >= 0.6 is 0 Å². The van der Waals surface area contributed by atoms with Gasteiger partial charge < -0.3 is 10.0 Å². The standard InChI is InChI=1S/C8H10FNO3/c9-5-3-8(7(12)13)2-1-6(11)10(8)4-5/h5H,1-4H2,(H,12,13)/t5?,8-/m0/s1.